The number of likely N-dealkylation sites (tertiary alicyclic amines) is 1. The molecule has 100 valence electrons. The van der Waals surface area contributed by atoms with Crippen molar-refractivity contribution in [1.82, 2.24) is 4.90 Å². The lowest BCUT2D eigenvalue weighted by molar-refractivity contribution is -0.0928. The second-order valence-electron chi connectivity index (χ2n) is 4.66. The average molecular weight is 275 g/mol. The van der Waals surface area contributed by atoms with Crippen LogP contribution in [0.15, 0.2) is 34.8 Å². The number of hydrogen-bond donors (Lipinski definition) is 0. The lowest BCUT2D eigenvalue weighted by atomic mass is 10.2. The van der Waals surface area contributed by atoms with E-state index in [4.69, 9.17) is 0 Å². The Balaban J connectivity index is 2.01. The van der Waals surface area contributed by atoms with Crippen LogP contribution in [0.3, 0.4) is 0 Å². The standard InChI is InChI=1S/C13H16F3NS/c1-17-8-7-12(9-17)18-11-4-2-3-10(5-6-11)13(14,15)16/h2,4-6,12H,3,7-9H2,1H3. The Morgan fingerprint density at radius 2 is 2.11 bits per heavy atom. The van der Waals surface area contributed by atoms with Crippen LogP contribution in [0.25, 0.3) is 0 Å². The first kappa shape index (κ1) is 13.7. The molecular weight excluding hydrogens is 259 g/mol. The summed E-state index contributed by atoms with van der Waals surface area (Å²) in [5.41, 5.74) is -0.474. The van der Waals surface area contributed by atoms with E-state index in [2.05, 4.69) is 11.9 Å². The molecule has 0 N–H and O–H groups in total. The monoisotopic (exact) mass is 275 g/mol. The van der Waals surface area contributed by atoms with E-state index >= 15 is 0 Å². The smallest absolute Gasteiger partial charge is 0.305 e. The molecule has 2 aliphatic rings. The minimum atomic E-state index is -4.21. The molecule has 1 fully saturated rings. The third kappa shape index (κ3) is 3.65. The van der Waals surface area contributed by atoms with Gasteiger partial charge in [-0.25, -0.2) is 0 Å². The van der Waals surface area contributed by atoms with Crippen molar-refractivity contribution in [1.29, 1.82) is 0 Å². The van der Waals surface area contributed by atoms with Gasteiger partial charge in [-0.1, -0.05) is 18.2 Å². The van der Waals surface area contributed by atoms with Crippen LogP contribution in [-0.2, 0) is 0 Å². The fourth-order valence-electron chi connectivity index (χ4n) is 2.08. The van der Waals surface area contributed by atoms with Crippen LogP contribution in [0.4, 0.5) is 13.2 Å². The van der Waals surface area contributed by atoms with Crippen molar-refractivity contribution in [3.8, 4) is 0 Å². The molecule has 0 aromatic heterocycles. The van der Waals surface area contributed by atoms with Gasteiger partial charge in [-0.05, 0) is 32.5 Å². The molecule has 18 heavy (non-hydrogen) atoms. The summed E-state index contributed by atoms with van der Waals surface area (Å²) in [7, 11) is 2.07. The molecule has 1 saturated heterocycles. The van der Waals surface area contributed by atoms with Crippen LogP contribution in [-0.4, -0.2) is 36.5 Å². The number of rotatable bonds is 2. The molecule has 1 aliphatic carbocycles. The van der Waals surface area contributed by atoms with Gasteiger partial charge in [-0.3, -0.25) is 0 Å². The Bertz CT molecular complexity index is 396. The largest absolute Gasteiger partial charge is 0.412 e. The van der Waals surface area contributed by atoms with Gasteiger partial charge in [0.25, 0.3) is 0 Å². The van der Waals surface area contributed by atoms with E-state index in [-0.39, 0.29) is 6.42 Å². The Kier molecular flexibility index (Phi) is 4.22. The van der Waals surface area contributed by atoms with Gasteiger partial charge in [0.05, 0.1) is 0 Å². The molecule has 0 bridgehead atoms. The summed E-state index contributed by atoms with van der Waals surface area (Å²) in [6.07, 6.45) is 3.06. The van der Waals surface area contributed by atoms with E-state index in [9.17, 15) is 13.2 Å². The highest BCUT2D eigenvalue weighted by atomic mass is 32.2. The number of alkyl halides is 3. The van der Waals surface area contributed by atoms with E-state index in [1.165, 1.54) is 6.08 Å². The summed E-state index contributed by atoms with van der Waals surface area (Å²) in [5, 5.41) is 0.492. The molecule has 1 nitrogen and oxygen atoms in total. The Morgan fingerprint density at radius 3 is 2.72 bits per heavy atom. The number of halogens is 3. The highest BCUT2D eigenvalue weighted by molar-refractivity contribution is 8.03. The van der Waals surface area contributed by atoms with E-state index in [1.807, 2.05) is 0 Å². The molecule has 0 amide bonds. The summed E-state index contributed by atoms with van der Waals surface area (Å²) in [5.74, 6) is 0. The van der Waals surface area contributed by atoms with Crippen molar-refractivity contribution in [3.05, 3.63) is 34.8 Å². The third-order valence-corrected chi connectivity index (χ3v) is 4.35. The molecule has 0 aromatic carbocycles. The van der Waals surface area contributed by atoms with Crippen LogP contribution < -0.4 is 0 Å². The van der Waals surface area contributed by atoms with Crippen molar-refractivity contribution in [2.75, 3.05) is 20.1 Å². The molecule has 0 spiro atoms. The van der Waals surface area contributed by atoms with E-state index in [0.717, 1.165) is 24.4 Å². The number of hydrogen-bond acceptors (Lipinski definition) is 2. The van der Waals surface area contributed by atoms with Gasteiger partial charge in [0.2, 0.25) is 0 Å². The fraction of sp³-hybridized carbons (Fsp3) is 0.538. The summed E-state index contributed by atoms with van der Waals surface area (Å²) >= 11 is 1.68. The number of nitrogens with zero attached hydrogens (tertiary/aromatic N) is 1. The second-order valence-corrected chi connectivity index (χ2v) is 6.03. The van der Waals surface area contributed by atoms with Crippen molar-refractivity contribution >= 4 is 11.8 Å². The molecule has 0 radical (unpaired) electrons. The van der Waals surface area contributed by atoms with Crippen molar-refractivity contribution in [3.63, 3.8) is 0 Å². The zero-order valence-electron chi connectivity index (χ0n) is 10.2. The van der Waals surface area contributed by atoms with Gasteiger partial charge in [0, 0.05) is 22.3 Å². The Labute approximate surface area is 109 Å². The van der Waals surface area contributed by atoms with Crippen LogP contribution in [0, 0.1) is 0 Å². The first-order chi connectivity index (χ1) is 8.45. The summed E-state index contributed by atoms with van der Waals surface area (Å²) < 4.78 is 37.7. The summed E-state index contributed by atoms with van der Waals surface area (Å²) in [6.45, 7) is 2.07. The zero-order chi connectivity index (χ0) is 13.2. The highest BCUT2D eigenvalue weighted by Crippen LogP contribution is 2.34. The first-order valence-corrected chi connectivity index (χ1v) is 6.83. The Morgan fingerprint density at radius 1 is 1.33 bits per heavy atom. The average Bonchev–Trinajstić information content (AvgIpc) is 2.53. The molecule has 1 unspecified atom stereocenters. The van der Waals surface area contributed by atoms with Crippen molar-refractivity contribution < 1.29 is 13.2 Å². The van der Waals surface area contributed by atoms with Crippen LogP contribution in [0.1, 0.15) is 12.8 Å². The molecule has 0 aromatic rings. The van der Waals surface area contributed by atoms with E-state index < -0.39 is 11.7 Å². The lowest BCUT2D eigenvalue weighted by Gasteiger charge is -2.10. The highest BCUT2D eigenvalue weighted by Gasteiger charge is 2.32. The number of allylic oxidation sites excluding steroid dienone is 5. The first-order valence-electron chi connectivity index (χ1n) is 5.95. The molecule has 1 atom stereocenters. The van der Waals surface area contributed by atoms with Crippen molar-refractivity contribution in [2.24, 2.45) is 0 Å². The second kappa shape index (κ2) is 5.53. The predicted molar refractivity (Wildman–Crippen MR) is 69.5 cm³/mol. The van der Waals surface area contributed by atoms with Gasteiger partial charge in [0.15, 0.2) is 0 Å². The number of thioether (sulfide) groups is 1. The molecule has 1 aliphatic heterocycles. The van der Waals surface area contributed by atoms with E-state index in [1.54, 1.807) is 30.0 Å². The maximum atomic E-state index is 12.6. The summed E-state index contributed by atoms with van der Waals surface area (Å²) in [4.78, 5) is 3.17. The van der Waals surface area contributed by atoms with Crippen LogP contribution in [0.2, 0.25) is 0 Å². The predicted octanol–water partition coefficient (Wildman–Crippen LogP) is 3.76. The van der Waals surface area contributed by atoms with Crippen LogP contribution >= 0.6 is 11.8 Å². The molecule has 2 rings (SSSR count). The minimum Gasteiger partial charge on any atom is -0.305 e. The Hall–Kier alpha value is -0.680. The zero-order valence-corrected chi connectivity index (χ0v) is 11.0. The molecular formula is C13H16F3NS. The van der Waals surface area contributed by atoms with Gasteiger partial charge in [0.1, 0.15) is 0 Å². The van der Waals surface area contributed by atoms with Gasteiger partial charge in [-0.15, -0.1) is 11.8 Å². The van der Waals surface area contributed by atoms with Crippen LogP contribution in [0.5, 0.6) is 0 Å². The SMILES string of the molecule is CN1CCC(SC2=CC=C(C(F)(F)F)CC=C2)C1. The minimum absolute atomic E-state index is 0.0331. The quantitative estimate of drug-likeness (QED) is 0.755. The molecule has 5 heteroatoms. The summed E-state index contributed by atoms with van der Waals surface area (Å²) in [6, 6.07) is 0. The van der Waals surface area contributed by atoms with Gasteiger partial charge >= 0.3 is 6.18 Å². The fourth-order valence-corrected chi connectivity index (χ4v) is 3.34. The van der Waals surface area contributed by atoms with E-state index in [0.29, 0.717) is 5.25 Å². The third-order valence-electron chi connectivity index (χ3n) is 3.08. The topological polar surface area (TPSA) is 3.24 Å². The van der Waals surface area contributed by atoms with Gasteiger partial charge < -0.3 is 4.90 Å². The normalized spacial score (nSPS) is 25.9. The maximum Gasteiger partial charge on any atom is 0.412 e. The molecule has 0 saturated carbocycles. The van der Waals surface area contributed by atoms with Crippen molar-refractivity contribution in [2.45, 2.75) is 24.3 Å². The lowest BCUT2D eigenvalue weighted by Crippen LogP contribution is -2.14. The molecule has 1 heterocycles. The maximum absolute atomic E-state index is 12.6. The van der Waals surface area contributed by atoms with Gasteiger partial charge in [-0.2, -0.15) is 13.2 Å².